The first kappa shape index (κ1) is 23.6. The molecule has 0 atom stereocenters. The highest BCUT2D eigenvalue weighted by atomic mass is 35.5. The molecule has 2 amide bonds. The van der Waals surface area contributed by atoms with Gasteiger partial charge in [0.05, 0.1) is 21.8 Å². The second-order valence-corrected chi connectivity index (χ2v) is 8.57. The predicted molar refractivity (Wildman–Crippen MR) is 123 cm³/mol. The highest BCUT2D eigenvalue weighted by molar-refractivity contribution is 7.99. The number of ether oxygens (including phenoxy) is 1. The number of rotatable bonds is 6. The van der Waals surface area contributed by atoms with Crippen LogP contribution in [0, 0.1) is 10.1 Å². The smallest absolute Gasteiger partial charge is 0.283 e. The molecular formula is C22H22ClN3O5S. The third-order valence-corrected chi connectivity index (χ3v) is 6.32. The van der Waals surface area contributed by atoms with Crippen molar-refractivity contribution in [2.45, 2.75) is 16.7 Å². The number of nitro groups is 1. The Labute approximate surface area is 194 Å². The molecule has 1 aliphatic rings. The Morgan fingerprint density at radius 2 is 1.78 bits per heavy atom. The van der Waals surface area contributed by atoms with E-state index in [1.165, 1.54) is 37.9 Å². The van der Waals surface area contributed by atoms with Crippen molar-refractivity contribution in [3.05, 3.63) is 63.2 Å². The van der Waals surface area contributed by atoms with Crippen LogP contribution < -0.4 is 4.74 Å². The van der Waals surface area contributed by atoms with Crippen molar-refractivity contribution in [2.24, 2.45) is 0 Å². The molecule has 0 bridgehead atoms. The summed E-state index contributed by atoms with van der Waals surface area (Å²) in [5, 5.41) is 12.2. The fourth-order valence-electron chi connectivity index (χ4n) is 3.23. The molecule has 0 radical (unpaired) electrons. The van der Waals surface area contributed by atoms with Crippen molar-refractivity contribution in [1.82, 2.24) is 9.80 Å². The molecule has 2 aromatic rings. The van der Waals surface area contributed by atoms with Crippen LogP contribution in [0.5, 0.6) is 5.75 Å². The molecule has 1 fully saturated rings. The Bertz CT molecular complexity index is 1070. The molecule has 3 rings (SSSR count). The number of hydrogen-bond acceptors (Lipinski definition) is 6. The van der Waals surface area contributed by atoms with Crippen LogP contribution in [-0.2, 0) is 9.59 Å². The largest absolute Gasteiger partial charge is 0.496 e. The molecule has 0 saturated carbocycles. The van der Waals surface area contributed by atoms with Crippen LogP contribution in [0.4, 0.5) is 5.69 Å². The van der Waals surface area contributed by atoms with Gasteiger partial charge >= 0.3 is 0 Å². The van der Waals surface area contributed by atoms with Gasteiger partial charge in [0.1, 0.15) is 5.75 Å². The average Bonchev–Trinajstić information content (AvgIpc) is 2.78. The van der Waals surface area contributed by atoms with E-state index in [9.17, 15) is 19.7 Å². The van der Waals surface area contributed by atoms with E-state index < -0.39 is 4.92 Å². The van der Waals surface area contributed by atoms with Gasteiger partial charge in [0.2, 0.25) is 11.8 Å². The number of carbonyl (C=O) groups excluding carboxylic acids is 2. The number of benzene rings is 2. The Morgan fingerprint density at radius 3 is 2.41 bits per heavy atom. The summed E-state index contributed by atoms with van der Waals surface area (Å²) in [6.07, 6.45) is 2.95. The minimum absolute atomic E-state index is 0.00620. The number of halogens is 1. The zero-order chi connectivity index (χ0) is 23.3. The zero-order valence-corrected chi connectivity index (χ0v) is 19.2. The second kappa shape index (κ2) is 10.5. The van der Waals surface area contributed by atoms with Gasteiger partial charge in [-0.2, -0.15) is 0 Å². The zero-order valence-electron chi connectivity index (χ0n) is 17.6. The molecule has 1 heterocycles. The fraction of sp³-hybridized carbons (Fsp3) is 0.273. The third kappa shape index (κ3) is 5.80. The molecule has 0 spiro atoms. The maximum Gasteiger partial charge on any atom is 0.283 e. The lowest BCUT2D eigenvalue weighted by Gasteiger charge is -2.33. The first-order chi connectivity index (χ1) is 15.3. The number of hydrogen-bond donors (Lipinski definition) is 0. The number of piperazine rings is 1. The van der Waals surface area contributed by atoms with Crippen molar-refractivity contribution < 1.29 is 19.2 Å². The Balaban J connectivity index is 1.75. The molecule has 0 aromatic heterocycles. The van der Waals surface area contributed by atoms with Gasteiger partial charge in [-0.1, -0.05) is 29.4 Å². The van der Waals surface area contributed by atoms with Crippen molar-refractivity contribution >= 4 is 46.9 Å². The lowest BCUT2D eigenvalue weighted by Crippen LogP contribution is -2.49. The minimum atomic E-state index is -0.459. The number of amides is 2. The van der Waals surface area contributed by atoms with Gasteiger partial charge in [-0.25, -0.2) is 0 Å². The lowest BCUT2D eigenvalue weighted by atomic mass is 10.2. The Morgan fingerprint density at radius 1 is 1.09 bits per heavy atom. The van der Waals surface area contributed by atoms with Crippen molar-refractivity contribution in [2.75, 3.05) is 33.3 Å². The SMILES string of the molecule is COc1ccc(Cl)cc1Sc1ccc(/C=C/C(=O)N2CCN(C(C)=O)CC2)cc1[N+](=O)[O-]. The third-order valence-electron chi connectivity index (χ3n) is 4.98. The van der Waals surface area contributed by atoms with Crippen LogP contribution in [-0.4, -0.2) is 59.8 Å². The van der Waals surface area contributed by atoms with Crippen molar-refractivity contribution in [1.29, 1.82) is 0 Å². The quantitative estimate of drug-likeness (QED) is 0.354. The van der Waals surface area contributed by atoms with Gasteiger partial charge in [0.25, 0.3) is 5.69 Å². The van der Waals surface area contributed by atoms with Gasteiger partial charge in [0.15, 0.2) is 0 Å². The Hall–Kier alpha value is -3.04. The second-order valence-electron chi connectivity index (χ2n) is 7.05. The first-order valence-electron chi connectivity index (χ1n) is 9.81. The van der Waals surface area contributed by atoms with Gasteiger partial charge in [-0.05, 0) is 35.9 Å². The van der Waals surface area contributed by atoms with Crippen LogP contribution in [0.1, 0.15) is 12.5 Å². The maximum absolute atomic E-state index is 12.4. The fourth-order valence-corrected chi connectivity index (χ4v) is 4.52. The first-order valence-corrected chi connectivity index (χ1v) is 11.0. The van der Waals surface area contributed by atoms with E-state index >= 15 is 0 Å². The minimum Gasteiger partial charge on any atom is -0.496 e. The molecular weight excluding hydrogens is 454 g/mol. The summed E-state index contributed by atoms with van der Waals surface area (Å²) in [6, 6.07) is 9.85. The number of nitrogens with zero attached hydrogens (tertiary/aromatic N) is 3. The molecule has 2 aromatic carbocycles. The molecule has 1 saturated heterocycles. The molecule has 0 N–H and O–H groups in total. The predicted octanol–water partition coefficient (Wildman–Crippen LogP) is 4.11. The van der Waals surface area contributed by atoms with Crippen molar-refractivity contribution in [3.63, 3.8) is 0 Å². The van der Waals surface area contributed by atoms with E-state index in [1.54, 1.807) is 46.2 Å². The van der Waals surface area contributed by atoms with Gasteiger partial charge in [-0.15, -0.1) is 0 Å². The molecule has 10 heteroatoms. The van der Waals surface area contributed by atoms with E-state index in [4.69, 9.17) is 16.3 Å². The number of nitro benzene ring substituents is 1. The van der Waals surface area contributed by atoms with Gasteiger partial charge in [0, 0.05) is 50.3 Å². The summed E-state index contributed by atoms with van der Waals surface area (Å²) < 4.78 is 5.31. The standard InChI is InChI=1S/C22H22ClN3O5S/c1-15(27)24-9-11-25(12-10-24)22(28)8-4-16-3-7-20(18(13-16)26(29)30)32-21-14-17(23)5-6-19(21)31-2/h3-8,13-14H,9-12H2,1-2H3/b8-4+. The van der Waals surface area contributed by atoms with E-state index in [-0.39, 0.29) is 17.5 Å². The molecule has 168 valence electrons. The summed E-state index contributed by atoms with van der Waals surface area (Å²) in [4.78, 5) is 39.5. The summed E-state index contributed by atoms with van der Waals surface area (Å²) in [5.41, 5.74) is 0.455. The summed E-state index contributed by atoms with van der Waals surface area (Å²) in [7, 11) is 1.52. The number of methoxy groups -OCH3 is 1. The van der Waals surface area contributed by atoms with E-state index in [0.717, 1.165) is 0 Å². The lowest BCUT2D eigenvalue weighted by molar-refractivity contribution is -0.387. The average molecular weight is 476 g/mol. The van der Waals surface area contributed by atoms with E-state index in [0.29, 0.717) is 52.3 Å². The maximum atomic E-state index is 12.4. The van der Waals surface area contributed by atoms with Crippen LogP contribution in [0.2, 0.25) is 5.02 Å². The number of carbonyl (C=O) groups is 2. The van der Waals surface area contributed by atoms with Gasteiger partial charge in [-0.3, -0.25) is 19.7 Å². The highest BCUT2D eigenvalue weighted by Crippen LogP contribution is 2.40. The van der Waals surface area contributed by atoms with Crippen LogP contribution >= 0.6 is 23.4 Å². The Kier molecular flexibility index (Phi) is 7.76. The molecule has 1 aliphatic heterocycles. The molecule has 0 aliphatic carbocycles. The normalized spacial score (nSPS) is 14.0. The summed E-state index contributed by atoms with van der Waals surface area (Å²) in [6.45, 7) is 3.42. The molecule has 8 nitrogen and oxygen atoms in total. The molecule has 0 unspecified atom stereocenters. The van der Waals surface area contributed by atoms with E-state index in [2.05, 4.69) is 0 Å². The monoisotopic (exact) mass is 475 g/mol. The van der Waals surface area contributed by atoms with Gasteiger partial charge < -0.3 is 14.5 Å². The molecule has 32 heavy (non-hydrogen) atoms. The van der Waals surface area contributed by atoms with E-state index in [1.807, 2.05) is 0 Å². The van der Waals surface area contributed by atoms with Crippen molar-refractivity contribution in [3.8, 4) is 5.75 Å². The van der Waals surface area contributed by atoms with Crippen LogP contribution in [0.25, 0.3) is 6.08 Å². The topological polar surface area (TPSA) is 93.0 Å². The van der Waals surface area contributed by atoms with Crippen LogP contribution in [0.3, 0.4) is 0 Å². The van der Waals surface area contributed by atoms with Crippen LogP contribution in [0.15, 0.2) is 52.3 Å². The summed E-state index contributed by atoms with van der Waals surface area (Å²) in [5.74, 6) is 0.361. The highest BCUT2D eigenvalue weighted by Gasteiger charge is 2.21. The summed E-state index contributed by atoms with van der Waals surface area (Å²) >= 11 is 7.24.